The Kier molecular flexibility index (Phi) is 3.36. The van der Waals surface area contributed by atoms with Crippen LogP contribution in [0.1, 0.15) is 31.2 Å². The van der Waals surface area contributed by atoms with Crippen molar-refractivity contribution in [1.82, 2.24) is 25.9 Å². The highest BCUT2D eigenvalue weighted by Gasteiger charge is 2.38. The van der Waals surface area contributed by atoms with Gasteiger partial charge in [-0.05, 0) is 31.7 Å². The summed E-state index contributed by atoms with van der Waals surface area (Å²) < 4.78 is 0. The summed E-state index contributed by atoms with van der Waals surface area (Å²) in [4.78, 5) is 21.8. The first-order chi connectivity index (χ1) is 12.2. The number of carbonyl (C=O) groups excluding carboxylic acids is 1. The second-order valence-electron chi connectivity index (χ2n) is 7.30. The molecule has 5 rings (SSSR count). The number of amides is 1. The highest BCUT2D eigenvalue weighted by molar-refractivity contribution is 5.88. The predicted octanol–water partition coefficient (Wildman–Crippen LogP) is 0.691. The maximum atomic E-state index is 12.5. The lowest BCUT2D eigenvalue weighted by molar-refractivity contribution is -0.147. The number of hydrazine groups is 2. The van der Waals surface area contributed by atoms with Crippen LogP contribution in [0.2, 0.25) is 0 Å². The van der Waals surface area contributed by atoms with E-state index in [4.69, 9.17) is 0 Å². The average Bonchev–Trinajstić information content (AvgIpc) is 3.24. The number of rotatable bonds is 2. The van der Waals surface area contributed by atoms with Crippen LogP contribution >= 0.6 is 0 Å². The zero-order chi connectivity index (χ0) is 17.0. The van der Waals surface area contributed by atoms with Crippen LogP contribution in [0.25, 0.3) is 5.70 Å². The smallest absolute Gasteiger partial charge is 0.225 e. The minimum atomic E-state index is -0.324. The fourth-order valence-corrected chi connectivity index (χ4v) is 4.32. The molecule has 25 heavy (non-hydrogen) atoms. The monoisotopic (exact) mass is 342 g/mol. The number of aromatic nitrogens is 1. The van der Waals surface area contributed by atoms with Crippen LogP contribution in [-0.2, 0) is 4.79 Å². The first-order valence-electron chi connectivity index (χ1n) is 8.94. The standard InChI is InChI=1S/C17H22N6O2/c24-12-7-22(8-12)17(25)11-3-1-10(2-4-11)14-15-13-5-6-18-16(13)19-9-23(15)21-20-14/h5-6,9-12,18,20-21,24H,1-4,7-8H2/t10-,11-. The topological polar surface area (TPSA) is 96.0 Å². The van der Waals surface area contributed by atoms with Crippen molar-refractivity contribution in [3.63, 3.8) is 0 Å². The molecule has 0 spiro atoms. The number of carbonyl (C=O) groups is 1. The van der Waals surface area contributed by atoms with E-state index in [0.717, 1.165) is 42.8 Å². The first kappa shape index (κ1) is 15.0. The van der Waals surface area contributed by atoms with Gasteiger partial charge >= 0.3 is 0 Å². The summed E-state index contributed by atoms with van der Waals surface area (Å²) in [6.07, 6.45) is 7.15. The Morgan fingerprint density at radius 3 is 2.80 bits per heavy atom. The molecule has 132 valence electrons. The third-order valence-corrected chi connectivity index (χ3v) is 5.75. The van der Waals surface area contributed by atoms with Crippen molar-refractivity contribution in [3.05, 3.63) is 23.5 Å². The van der Waals surface area contributed by atoms with Gasteiger partial charge in [0.1, 0.15) is 12.2 Å². The van der Waals surface area contributed by atoms with Gasteiger partial charge in [-0.15, -0.1) is 5.53 Å². The molecule has 1 aromatic rings. The van der Waals surface area contributed by atoms with Crippen molar-refractivity contribution in [1.29, 1.82) is 0 Å². The van der Waals surface area contributed by atoms with Crippen LogP contribution in [0.5, 0.6) is 0 Å². The molecule has 1 amide bonds. The summed E-state index contributed by atoms with van der Waals surface area (Å²) in [6, 6.07) is 2.05. The number of fused-ring (bicyclic) bond motifs is 3. The molecule has 4 heterocycles. The van der Waals surface area contributed by atoms with Gasteiger partial charge < -0.3 is 20.4 Å². The lowest BCUT2D eigenvalue weighted by Gasteiger charge is -2.39. The third kappa shape index (κ3) is 2.36. The van der Waals surface area contributed by atoms with E-state index in [1.807, 2.05) is 17.3 Å². The summed E-state index contributed by atoms with van der Waals surface area (Å²) in [7, 11) is 0. The van der Waals surface area contributed by atoms with Gasteiger partial charge in [0.2, 0.25) is 5.91 Å². The van der Waals surface area contributed by atoms with Crippen molar-refractivity contribution >= 4 is 23.8 Å². The summed E-state index contributed by atoms with van der Waals surface area (Å²) >= 11 is 0. The van der Waals surface area contributed by atoms with E-state index in [0.29, 0.717) is 19.0 Å². The number of aliphatic imine (C=N–C) groups is 1. The highest BCUT2D eigenvalue weighted by atomic mass is 16.3. The molecule has 1 aliphatic carbocycles. The summed E-state index contributed by atoms with van der Waals surface area (Å²) in [5.74, 6) is 1.62. The Morgan fingerprint density at radius 2 is 2.04 bits per heavy atom. The first-order valence-corrected chi connectivity index (χ1v) is 8.94. The van der Waals surface area contributed by atoms with E-state index in [9.17, 15) is 9.90 Å². The Labute approximate surface area is 145 Å². The number of nitrogens with one attached hydrogen (secondary N) is 3. The fourth-order valence-electron chi connectivity index (χ4n) is 4.32. The van der Waals surface area contributed by atoms with E-state index in [1.165, 1.54) is 5.70 Å². The number of likely N-dealkylation sites (tertiary alicyclic amines) is 1. The average molecular weight is 342 g/mol. The van der Waals surface area contributed by atoms with Crippen LogP contribution < -0.4 is 11.0 Å². The Bertz CT molecular complexity index is 755. The summed E-state index contributed by atoms with van der Waals surface area (Å²) in [5, 5.41) is 11.3. The molecule has 4 aliphatic rings. The lowest BCUT2D eigenvalue weighted by atomic mass is 9.79. The molecule has 1 saturated heterocycles. The van der Waals surface area contributed by atoms with Gasteiger partial charge in [-0.1, -0.05) is 0 Å². The van der Waals surface area contributed by atoms with Gasteiger partial charge in [-0.3, -0.25) is 4.79 Å². The van der Waals surface area contributed by atoms with Crippen molar-refractivity contribution < 1.29 is 9.90 Å². The molecule has 1 saturated carbocycles. The van der Waals surface area contributed by atoms with Gasteiger partial charge in [0, 0.05) is 36.7 Å². The van der Waals surface area contributed by atoms with Gasteiger partial charge in [0.15, 0.2) is 0 Å². The second kappa shape index (κ2) is 5.60. The van der Waals surface area contributed by atoms with Crippen LogP contribution in [0, 0.1) is 11.8 Å². The van der Waals surface area contributed by atoms with E-state index in [2.05, 4.69) is 20.9 Å². The quantitative estimate of drug-likeness (QED) is 0.634. The zero-order valence-electron chi connectivity index (χ0n) is 13.9. The van der Waals surface area contributed by atoms with Crippen LogP contribution in [0.4, 0.5) is 5.82 Å². The number of hydrogen-bond acceptors (Lipinski definition) is 6. The molecule has 2 fully saturated rings. The molecular formula is C17H22N6O2. The van der Waals surface area contributed by atoms with E-state index in [-0.39, 0.29) is 17.9 Å². The SMILES string of the molecule is O=C([C@H]1CC[C@H](C2=C3c4cc[nH]c4N=CN3NN2)CC1)N1CC(O)C1. The van der Waals surface area contributed by atoms with Gasteiger partial charge in [0.05, 0.1) is 17.5 Å². The Morgan fingerprint density at radius 1 is 1.24 bits per heavy atom. The number of β-amino-alcohol motifs (C(OH)–C–C–N with tert-alkyl or cyclic N) is 1. The van der Waals surface area contributed by atoms with E-state index in [1.54, 1.807) is 11.2 Å². The molecule has 8 heteroatoms. The number of H-pyrrole nitrogens is 1. The Hall–Kier alpha value is -2.32. The molecule has 1 aromatic heterocycles. The van der Waals surface area contributed by atoms with Crippen molar-refractivity contribution in [3.8, 4) is 0 Å². The van der Waals surface area contributed by atoms with Gasteiger partial charge in [0.25, 0.3) is 0 Å². The third-order valence-electron chi connectivity index (χ3n) is 5.75. The number of allylic oxidation sites excluding steroid dienone is 1. The molecule has 4 N–H and O–H groups in total. The van der Waals surface area contributed by atoms with Gasteiger partial charge in [-0.25, -0.2) is 10.0 Å². The minimum Gasteiger partial charge on any atom is -0.389 e. The van der Waals surface area contributed by atoms with Crippen molar-refractivity contribution in [2.24, 2.45) is 16.8 Å². The van der Waals surface area contributed by atoms with E-state index >= 15 is 0 Å². The number of aliphatic hydroxyl groups excluding tert-OH is 1. The normalized spacial score (nSPS) is 28.5. The maximum absolute atomic E-state index is 12.5. The highest BCUT2D eigenvalue weighted by Crippen LogP contribution is 2.41. The molecule has 0 unspecified atom stereocenters. The predicted molar refractivity (Wildman–Crippen MR) is 92.0 cm³/mol. The molecular weight excluding hydrogens is 320 g/mol. The summed E-state index contributed by atoms with van der Waals surface area (Å²) in [5.41, 5.74) is 9.89. The number of nitrogens with zero attached hydrogens (tertiary/aromatic N) is 3. The van der Waals surface area contributed by atoms with Crippen LogP contribution in [0.15, 0.2) is 23.0 Å². The zero-order valence-corrected chi connectivity index (χ0v) is 13.9. The second-order valence-corrected chi connectivity index (χ2v) is 7.30. The minimum absolute atomic E-state index is 0.107. The number of hydrogen-bond donors (Lipinski definition) is 4. The molecule has 0 aromatic carbocycles. The van der Waals surface area contributed by atoms with Crippen molar-refractivity contribution in [2.75, 3.05) is 13.1 Å². The number of aliphatic hydroxyl groups is 1. The van der Waals surface area contributed by atoms with Gasteiger partial charge in [-0.2, -0.15) is 0 Å². The lowest BCUT2D eigenvalue weighted by Crippen LogP contribution is -2.55. The molecule has 0 atom stereocenters. The largest absolute Gasteiger partial charge is 0.389 e. The Balaban J connectivity index is 1.31. The van der Waals surface area contributed by atoms with Crippen molar-refractivity contribution in [2.45, 2.75) is 31.8 Å². The summed E-state index contributed by atoms with van der Waals surface area (Å²) in [6.45, 7) is 1.01. The van der Waals surface area contributed by atoms with Crippen LogP contribution in [-0.4, -0.2) is 51.4 Å². The molecule has 3 aliphatic heterocycles. The molecule has 0 radical (unpaired) electrons. The fraction of sp³-hybridized carbons (Fsp3) is 0.529. The molecule has 8 nitrogen and oxygen atoms in total. The van der Waals surface area contributed by atoms with E-state index < -0.39 is 0 Å². The number of aromatic amines is 1. The van der Waals surface area contributed by atoms with Crippen LogP contribution in [0.3, 0.4) is 0 Å². The maximum Gasteiger partial charge on any atom is 0.225 e. The molecule has 0 bridgehead atoms.